The standard InChI is InChI=1S/C23H23Cl2FN4O2/c1-12(2)20-23(32-4)28-18(22(29-20)31-3)11-14-5-6-15(21-27-7-8-30(14)21)19-16(24)9-13(26)10-17(19)25/h5-10,12,18,20H,11H2,1-4H3. The van der Waals surface area contributed by atoms with Gasteiger partial charge in [-0.1, -0.05) is 37.0 Å². The number of nitrogens with zero attached hydrogens (tertiary/aromatic N) is 4. The van der Waals surface area contributed by atoms with E-state index in [1.54, 1.807) is 20.4 Å². The van der Waals surface area contributed by atoms with Crippen molar-refractivity contribution in [2.45, 2.75) is 32.4 Å². The highest BCUT2D eigenvalue weighted by Crippen LogP contribution is 2.37. The minimum Gasteiger partial charge on any atom is -0.483 e. The lowest BCUT2D eigenvalue weighted by Crippen LogP contribution is -2.38. The first kappa shape index (κ1) is 22.6. The lowest BCUT2D eigenvalue weighted by molar-refractivity contribution is 0.332. The number of hydrogen-bond donors (Lipinski definition) is 0. The molecule has 0 saturated heterocycles. The molecule has 0 amide bonds. The van der Waals surface area contributed by atoms with Gasteiger partial charge in [-0.05, 0) is 30.2 Å². The summed E-state index contributed by atoms with van der Waals surface area (Å²) in [6, 6.07) is 5.80. The van der Waals surface area contributed by atoms with Crippen molar-refractivity contribution >= 4 is 40.6 Å². The Morgan fingerprint density at radius 2 is 1.75 bits per heavy atom. The molecule has 2 aromatic heterocycles. The molecule has 32 heavy (non-hydrogen) atoms. The zero-order valence-electron chi connectivity index (χ0n) is 18.1. The smallest absolute Gasteiger partial charge is 0.209 e. The fourth-order valence-electron chi connectivity index (χ4n) is 3.92. The van der Waals surface area contributed by atoms with Crippen molar-refractivity contribution in [1.82, 2.24) is 9.38 Å². The van der Waals surface area contributed by atoms with Crippen LogP contribution in [0.1, 0.15) is 19.5 Å². The Morgan fingerprint density at radius 1 is 1.06 bits per heavy atom. The Kier molecular flexibility index (Phi) is 6.40. The zero-order chi connectivity index (χ0) is 23.0. The third-order valence-electron chi connectivity index (χ3n) is 5.45. The van der Waals surface area contributed by atoms with Crippen LogP contribution in [0.25, 0.3) is 16.8 Å². The Hall–Kier alpha value is -2.64. The van der Waals surface area contributed by atoms with Gasteiger partial charge < -0.3 is 13.9 Å². The van der Waals surface area contributed by atoms with E-state index in [1.807, 2.05) is 22.7 Å². The number of rotatable bonds is 4. The molecule has 0 bridgehead atoms. The Labute approximate surface area is 195 Å². The fraction of sp³-hybridized carbons (Fsp3) is 0.348. The normalized spacial score (nSPS) is 18.6. The van der Waals surface area contributed by atoms with Crippen molar-refractivity contribution in [3.05, 3.63) is 58.2 Å². The lowest BCUT2D eigenvalue weighted by atomic mass is 10.0. The first-order valence-corrected chi connectivity index (χ1v) is 10.9. The van der Waals surface area contributed by atoms with Gasteiger partial charge in [-0.15, -0.1) is 0 Å². The van der Waals surface area contributed by atoms with Gasteiger partial charge in [0.2, 0.25) is 11.8 Å². The summed E-state index contributed by atoms with van der Waals surface area (Å²) in [6.07, 6.45) is 4.06. The van der Waals surface area contributed by atoms with E-state index in [9.17, 15) is 4.39 Å². The molecule has 0 saturated carbocycles. The summed E-state index contributed by atoms with van der Waals surface area (Å²) in [5.41, 5.74) is 2.83. The van der Waals surface area contributed by atoms with E-state index in [1.165, 1.54) is 12.1 Å². The van der Waals surface area contributed by atoms with Gasteiger partial charge in [0.15, 0.2) is 0 Å². The van der Waals surface area contributed by atoms with E-state index >= 15 is 0 Å². The van der Waals surface area contributed by atoms with Gasteiger partial charge in [0, 0.05) is 35.6 Å². The summed E-state index contributed by atoms with van der Waals surface area (Å²) in [5, 5.41) is 0.450. The molecule has 6 nitrogen and oxygen atoms in total. The van der Waals surface area contributed by atoms with Gasteiger partial charge in [0.1, 0.15) is 23.5 Å². The van der Waals surface area contributed by atoms with Crippen LogP contribution in [0.3, 0.4) is 0 Å². The number of fused-ring (bicyclic) bond motifs is 1. The predicted octanol–water partition coefficient (Wildman–Crippen LogP) is 5.49. The average Bonchev–Trinajstić information content (AvgIpc) is 3.24. The van der Waals surface area contributed by atoms with Crippen LogP contribution in [0.15, 0.2) is 46.6 Å². The van der Waals surface area contributed by atoms with Crippen molar-refractivity contribution in [3.63, 3.8) is 0 Å². The Morgan fingerprint density at radius 3 is 2.38 bits per heavy atom. The second-order valence-corrected chi connectivity index (χ2v) is 8.67. The molecular weight excluding hydrogens is 454 g/mol. The van der Waals surface area contributed by atoms with Gasteiger partial charge in [-0.25, -0.2) is 19.4 Å². The van der Waals surface area contributed by atoms with Crippen LogP contribution in [0.4, 0.5) is 4.39 Å². The van der Waals surface area contributed by atoms with Crippen LogP contribution in [0.2, 0.25) is 10.0 Å². The SMILES string of the molecule is COC1=NC(C(C)C)C(OC)=NC1Cc1ccc(-c2c(Cl)cc(F)cc2Cl)c2nccn12. The zero-order valence-corrected chi connectivity index (χ0v) is 19.7. The number of ether oxygens (including phenoxy) is 2. The molecule has 4 rings (SSSR count). The maximum absolute atomic E-state index is 13.7. The molecule has 168 valence electrons. The number of aromatic nitrogens is 2. The second-order valence-electron chi connectivity index (χ2n) is 7.86. The van der Waals surface area contributed by atoms with E-state index in [0.717, 1.165) is 5.69 Å². The molecular formula is C23H23Cl2FN4O2. The van der Waals surface area contributed by atoms with Crippen LogP contribution in [0.5, 0.6) is 0 Å². The van der Waals surface area contributed by atoms with Crippen molar-refractivity contribution in [3.8, 4) is 11.1 Å². The highest BCUT2D eigenvalue weighted by atomic mass is 35.5. The molecule has 0 aliphatic carbocycles. The van der Waals surface area contributed by atoms with E-state index in [0.29, 0.717) is 35.0 Å². The Balaban J connectivity index is 1.75. The van der Waals surface area contributed by atoms with E-state index in [-0.39, 0.29) is 28.0 Å². The Bertz CT molecular complexity index is 1200. The number of benzene rings is 1. The first-order valence-electron chi connectivity index (χ1n) is 10.2. The number of aliphatic imine (C=N–C) groups is 2. The molecule has 1 aliphatic rings. The summed E-state index contributed by atoms with van der Waals surface area (Å²) >= 11 is 12.6. The van der Waals surface area contributed by atoms with Gasteiger partial charge in [0.05, 0.1) is 24.3 Å². The molecule has 0 spiro atoms. The first-order chi connectivity index (χ1) is 15.3. The van der Waals surface area contributed by atoms with E-state index in [2.05, 4.69) is 18.8 Å². The molecule has 3 aromatic rings. The van der Waals surface area contributed by atoms with Crippen molar-refractivity contribution < 1.29 is 13.9 Å². The third kappa shape index (κ3) is 4.07. The fourth-order valence-corrected chi connectivity index (χ4v) is 4.58. The lowest BCUT2D eigenvalue weighted by Gasteiger charge is -2.27. The van der Waals surface area contributed by atoms with Crippen LogP contribution < -0.4 is 0 Å². The largest absolute Gasteiger partial charge is 0.483 e. The maximum Gasteiger partial charge on any atom is 0.209 e. The molecule has 1 aliphatic heterocycles. The topological polar surface area (TPSA) is 60.5 Å². The molecule has 0 radical (unpaired) electrons. The molecule has 0 N–H and O–H groups in total. The highest BCUT2D eigenvalue weighted by molar-refractivity contribution is 6.39. The quantitative estimate of drug-likeness (QED) is 0.500. The summed E-state index contributed by atoms with van der Waals surface area (Å²) in [6.45, 7) is 4.13. The summed E-state index contributed by atoms with van der Waals surface area (Å²) in [4.78, 5) is 14.0. The minimum absolute atomic E-state index is 0.176. The molecule has 0 fully saturated rings. The second kappa shape index (κ2) is 9.08. The van der Waals surface area contributed by atoms with Crippen LogP contribution >= 0.6 is 23.2 Å². The molecule has 9 heteroatoms. The number of methoxy groups -OCH3 is 2. The van der Waals surface area contributed by atoms with Gasteiger partial charge >= 0.3 is 0 Å². The number of pyridine rings is 1. The van der Waals surface area contributed by atoms with Crippen molar-refractivity contribution in [1.29, 1.82) is 0 Å². The molecule has 3 heterocycles. The van der Waals surface area contributed by atoms with Gasteiger partial charge in [-0.3, -0.25) is 0 Å². The maximum atomic E-state index is 13.7. The van der Waals surface area contributed by atoms with E-state index < -0.39 is 5.82 Å². The molecule has 1 aromatic carbocycles. The van der Waals surface area contributed by atoms with Crippen LogP contribution in [0, 0.1) is 11.7 Å². The van der Waals surface area contributed by atoms with Crippen LogP contribution in [-0.4, -0.2) is 47.5 Å². The van der Waals surface area contributed by atoms with Crippen LogP contribution in [-0.2, 0) is 15.9 Å². The summed E-state index contributed by atoms with van der Waals surface area (Å²) in [5.74, 6) is 0.889. The van der Waals surface area contributed by atoms with Gasteiger partial charge in [0.25, 0.3) is 0 Å². The van der Waals surface area contributed by atoms with Crippen molar-refractivity contribution in [2.24, 2.45) is 15.9 Å². The monoisotopic (exact) mass is 476 g/mol. The molecule has 2 atom stereocenters. The molecule has 2 unspecified atom stereocenters. The summed E-state index contributed by atoms with van der Waals surface area (Å²) < 4.78 is 26.7. The van der Waals surface area contributed by atoms with E-state index in [4.69, 9.17) is 42.7 Å². The third-order valence-corrected chi connectivity index (χ3v) is 6.05. The van der Waals surface area contributed by atoms with Crippen molar-refractivity contribution in [2.75, 3.05) is 14.2 Å². The summed E-state index contributed by atoms with van der Waals surface area (Å²) in [7, 11) is 3.21. The highest BCUT2D eigenvalue weighted by Gasteiger charge is 2.31. The number of hydrogen-bond acceptors (Lipinski definition) is 5. The average molecular weight is 477 g/mol. The minimum atomic E-state index is -0.491. The number of halogens is 3. The predicted molar refractivity (Wildman–Crippen MR) is 126 cm³/mol. The van der Waals surface area contributed by atoms with Gasteiger partial charge in [-0.2, -0.15) is 0 Å². The number of imidazole rings is 1.